The van der Waals surface area contributed by atoms with E-state index in [0.29, 0.717) is 55.6 Å². The van der Waals surface area contributed by atoms with Crippen molar-refractivity contribution >= 4 is 12.0 Å². The predicted molar refractivity (Wildman–Crippen MR) is 139 cm³/mol. The number of halogens is 2. The van der Waals surface area contributed by atoms with Crippen molar-refractivity contribution in [3.05, 3.63) is 47.9 Å². The molecule has 0 radical (unpaired) electrons. The Balaban J connectivity index is 1.30. The molecule has 1 aromatic carbocycles. The molecule has 2 fully saturated rings. The Morgan fingerprint density at radius 3 is 2.45 bits per heavy atom. The zero-order valence-corrected chi connectivity index (χ0v) is 21.9. The van der Waals surface area contributed by atoms with E-state index in [1.807, 2.05) is 13.8 Å². The number of alkyl halides is 1. The third-order valence-electron chi connectivity index (χ3n) is 7.00. The highest BCUT2D eigenvalue weighted by Gasteiger charge is 2.29. The fraction of sp³-hybridized carbons (Fsp3) is 0.536. The summed E-state index contributed by atoms with van der Waals surface area (Å²) in [6, 6.07) is 7.42. The fourth-order valence-electron chi connectivity index (χ4n) is 4.80. The highest BCUT2D eigenvalue weighted by molar-refractivity contribution is 5.82. The molecule has 0 saturated carbocycles. The number of hydrogen-bond donors (Lipinski definition) is 1. The van der Waals surface area contributed by atoms with Crippen molar-refractivity contribution in [2.24, 2.45) is 11.7 Å². The number of rotatable bonds is 8. The zero-order chi connectivity index (χ0) is 27.2. The summed E-state index contributed by atoms with van der Waals surface area (Å²) in [5.74, 6) is -0.0788. The van der Waals surface area contributed by atoms with Gasteiger partial charge in [0.1, 0.15) is 12.0 Å². The van der Waals surface area contributed by atoms with Crippen LogP contribution in [0.3, 0.4) is 0 Å². The van der Waals surface area contributed by atoms with E-state index >= 15 is 0 Å². The van der Waals surface area contributed by atoms with Crippen LogP contribution in [0.15, 0.2) is 36.5 Å². The first-order valence-electron chi connectivity index (χ1n) is 13.2. The summed E-state index contributed by atoms with van der Waals surface area (Å²) in [5.41, 5.74) is 7.75. The number of likely N-dealkylation sites (tertiary alicyclic amines) is 2. The summed E-state index contributed by atoms with van der Waals surface area (Å²) in [4.78, 5) is 31.9. The Kier molecular flexibility index (Phi) is 9.14. The average molecular weight is 531 g/mol. The summed E-state index contributed by atoms with van der Waals surface area (Å²) in [6.45, 7) is 5.79. The van der Waals surface area contributed by atoms with Crippen LogP contribution in [0.4, 0.5) is 13.6 Å². The summed E-state index contributed by atoms with van der Waals surface area (Å²) >= 11 is 0. The molecule has 1 unspecified atom stereocenters. The summed E-state index contributed by atoms with van der Waals surface area (Å²) in [6.07, 6.45) is 2.16. The van der Waals surface area contributed by atoms with Crippen molar-refractivity contribution in [2.75, 3.05) is 32.8 Å². The van der Waals surface area contributed by atoms with Crippen molar-refractivity contribution in [1.82, 2.24) is 14.8 Å². The smallest absolute Gasteiger partial charge is 0.410 e. The minimum absolute atomic E-state index is 0.0388. The van der Waals surface area contributed by atoms with Crippen LogP contribution in [0.2, 0.25) is 0 Å². The van der Waals surface area contributed by atoms with Gasteiger partial charge in [0.15, 0.2) is 0 Å². The van der Waals surface area contributed by atoms with Gasteiger partial charge in [0, 0.05) is 31.9 Å². The van der Waals surface area contributed by atoms with Crippen molar-refractivity contribution in [2.45, 2.75) is 57.8 Å². The maximum absolute atomic E-state index is 14.9. The lowest BCUT2D eigenvalue weighted by Crippen LogP contribution is -2.44. The van der Waals surface area contributed by atoms with Crippen LogP contribution in [-0.2, 0) is 16.0 Å². The Morgan fingerprint density at radius 2 is 1.79 bits per heavy atom. The molecule has 3 heterocycles. The topological polar surface area (TPSA) is 98.0 Å². The van der Waals surface area contributed by atoms with E-state index in [1.165, 1.54) is 11.0 Å². The number of amides is 2. The normalized spacial score (nSPS) is 19.1. The van der Waals surface area contributed by atoms with E-state index in [4.69, 9.17) is 15.2 Å². The van der Waals surface area contributed by atoms with E-state index < -0.39 is 18.0 Å². The van der Waals surface area contributed by atoms with Crippen molar-refractivity contribution in [1.29, 1.82) is 0 Å². The molecule has 2 atom stereocenters. The van der Waals surface area contributed by atoms with Crippen LogP contribution in [0, 0.1) is 11.7 Å². The predicted octanol–water partition coefficient (Wildman–Crippen LogP) is 3.96. The molecule has 2 aliphatic heterocycles. The van der Waals surface area contributed by atoms with Gasteiger partial charge in [-0.25, -0.2) is 18.6 Å². The Bertz CT molecular complexity index is 1120. The first kappa shape index (κ1) is 27.8. The number of carbonyl (C=O) groups is 2. The number of ether oxygens (including phenoxy) is 2. The van der Waals surface area contributed by atoms with E-state index in [-0.39, 0.29) is 31.1 Å². The number of hydrogen-bond acceptors (Lipinski definition) is 6. The number of piperidine rings is 1. The largest absolute Gasteiger partial charge is 0.477 e. The minimum Gasteiger partial charge on any atom is -0.477 e. The van der Waals surface area contributed by atoms with Gasteiger partial charge in [-0.2, -0.15) is 0 Å². The number of pyridine rings is 1. The Hall–Kier alpha value is -3.27. The third kappa shape index (κ3) is 7.18. The van der Waals surface area contributed by atoms with Gasteiger partial charge in [0.05, 0.1) is 25.3 Å². The molecule has 8 nitrogen and oxygen atoms in total. The summed E-state index contributed by atoms with van der Waals surface area (Å²) in [7, 11) is 0. The molecule has 0 aliphatic carbocycles. The van der Waals surface area contributed by atoms with Crippen LogP contribution < -0.4 is 10.5 Å². The monoisotopic (exact) mass is 530 g/mol. The lowest BCUT2D eigenvalue weighted by molar-refractivity contribution is -0.131. The summed E-state index contributed by atoms with van der Waals surface area (Å²) in [5, 5.41) is 0. The van der Waals surface area contributed by atoms with E-state index in [9.17, 15) is 18.4 Å². The number of benzene rings is 1. The van der Waals surface area contributed by atoms with E-state index in [0.717, 1.165) is 18.4 Å². The minimum atomic E-state index is -1.02. The molecule has 2 aliphatic rings. The van der Waals surface area contributed by atoms with Crippen molar-refractivity contribution < 1.29 is 27.8 Å². The first-order chi connectivity index (χ1) is 18.2. The molecule has 0 spiro atoms. The highest BCUT2D eigenvalue weighted by atomic mass is 19.1. The number of nitrogens with zero attached hydrogens (tertiary/aromatic N) is 3. The van der Waals surface area contributed by atoms with Crippen LogP contribution in [0.5, 0.6) is 5.88 Å². The van der Waals surface area contributed by atoms with Crippen LogP contribution in [-0.4, -0.2) is 77.9 Å². The molecule has 4 rings (SSSR count). The van der Waals surface area contributed by atoms with Crippen molar-refractivity contribution in [3.63, 3.8) is 0 Å². The van der Waals surface area contributed by atoms with Crippen LogP contribution in [0.25, 0.3) is 11.1 Å². The lowest BCUT2D eigenvalue weighted by Gasteiger charge is -2.31. The van der Waals surface area contributed by atoms with Gasteiger partial charge in [-0.15, -0.1) is 0 Å². The fourth-order valence-corrected chi connectivity index (χ4v) is 4.80. The zero-order valence-electron chi connectivity index (χ0n) is 21.9. The molecule has 2 N–H and O–H groups in total. The standard InChI is InChI=1S/C28H36F2N4O4/c1-18(2)38-28(36)33-10-6-19(7-11-33)17-37-26-15-21(5-9-32-26)20-3-4-22(24(30)13-20)14-25(31)27(35)34-12-8-23(29)16-34/h3-5,9,13,15,18-19,23,25H,6-8,10-12,14,16-17,31H2,1-2H3/t23-,25?/m0/s1. The Morgan fingerprint density at radius 1 is 1.08 bits per heavy atom. The van der Waals surface area contributed by atoms with Gasteiger partial charge in [-0.05, 0) is 74.3 Å². The number of carbonyl (C=O) groups excluding carboxylic acids is 2. The summed E-state index contributed by atoms with van der Waals surface area (Å²) < 4.78 is 39.5. The van der Waals surface area contributed by atoms with Gasteiger partial charge < -0.3 is 25.0 Å². The van der Waals surface area contributed by atoms with Gasteiger partial charge in [0.25, 0.3) is 0 Å². The molecule has 2 amide bonds. The SMILES string of the molecule is CC(C)OC(=O)N1CCC(COc2cc(-c3ccc(CC(N)C(=O)N4CC[C@H](F)C4)c(F)c3)ccn2)CC1. The molecular weight excluding hydrogens is 494 g/mol. The van der Waals surface area contributed by atoms with Crippen LogP contribution >= 0.6 is 0 Å². The maximum atomic E-state index is 14.9. The Labute approximate surface area is 222 Å². The van der Waals surface area contributed by atoms with Crippen LogP contribution in [0.1, 0.15) is 38.7 Å². The molecule has 2 aromatic rings. The quantitative estimate of drug-likeness (QED) is 0.555. The molecule has 1 aromatic heterocycles. The average Bonchev–Trinajstić information content (AvgIpc) is 3.34. The van der Waals surface area contributed by atoms with Crippen molar-refractivity contribution in [3.8, 4) is 17.0 Å². The molecule has 10 heteroatoms. The van der Waals surface area contributed by atoms with Gasteiger partial charge in [-0.1, -0.05) is 12.1 Å². The van der Waals surface area contributed by atoms with Gasteiger partial charge in [0.2, 0.25) is 11.8 Å². The molecule has 2 saturated heterocycles. The number of nitrogens with two attached hydrogens (primary N) is 1. The first-order valence-corrected chi connectivity index (χ1v) is 13.2. The van der Waals surface area contributed by atoms with E-state index in [1.54, 1.807) is 35.4 Å². The molecule has 0 bridgehead atoms. The molecular formula is C28H36F2N4O4. The highest BCUT2D eigenvalue weighted by Crippen LogP contribution is 2.26. The number of aromatic nitrogens is 1. The van der Waals surface area contributed by atoms with Gasteiger partial charge in [-0.3, -0.25) is 4.79 Å². The molecule has 206 valence electrons. The maximum Gasteiger partial charge on any atom is 0.410 e. The lowest BCUT2D eigenvalue weighted by atomic mass is 9.98. The second-order valence-electron chi connectivity index (χ2n) is 10.3. The van der Waals surface area contributed by atoms with E-state index in [2.05, 4.69) is 4.98 Å². The third-order valence-corrected chi connectivity index (χ3v) is 7.00. The second kappa shape index (κ2) is 12.5. The van der Waals surface area contributed by atoms with Gasteiger partial charge >= 0.3 is 6.09 Å². The molecule has 38 heavy (non-hydrogen) atoms. The second-order valence-corrected chi connectivity index (χ2v) is 10.3.